The summed E-state index contributed by atoms with van der Waals surface area (Å²) in [5.41, 5.74) is 2.07. The normalized spacial score (nSPS) is 10.2. The zero-order valence-electron chi connectivity index (χ0n) is 12.6. The molecule has 0 heterocycles. The van der Waals surface area contributed by atoms with Gasteiger partial charge >= 0.3 is 0 Å². The third-order valence-corrected chi connectivity index (χ3v) is 3.16. The lowest BCUT2D eigenvalue weighted by Crippen LogP contribution is -2.12. The molecule has 2 aromatic carbocycles. The molecule has 4 heteroatoms. The zero-order chi connectivity index (χ0) is 15.1. The Morgan fingerprint density at radius 1 is 0.905 bits per heavy atom. The molecule has 0 aromatic heterocycles. The predicted octanol–water partition coefficient (Wildman–Crippen LogP) is 3.01. The molecule has 0 amide bonds. The minimum absolute atomic E-state index is 0.602. The molecular formula is C17H20NO3. The third-order valence-electron chi connectivity index (χ3n) is 3.16. The first-order valence-electron chi connectivity index (χ1n) is 6.69. The highest BCUT2D eigenvalue weighted by atomic mass is 16.5. The summed E-state index contributed by atoms with van der Waals surface area (Å²) in [5.74, 6) is 2.18. The van der Waals surface area contributed by atoms with E-state index in [9.17, 15) is 0 Å². The molecule has 0 aliphatic heterocycles. The number of benzene rings is 2. The lowest BCUT2D eigenvalue weighted by molar-refractivity contribution is 0.367. The maximum atomic E-state index is 5.42. The molecule has 0 atom stereocenters. The minimum Gasteiger partial charge on any atom is -0.496 e. The van der Waals surface area contributed by atoms with Crippen molar-refractivity contribution in [2.45, 2.75) is 6.54 Å². The number of ether oxygens (including phenoxy) is 3. The van der Waals surface area contributed by atoms with Crippen LogP contribution in [0.1, 0.15) is 11.1 Å². The second-order valence-corrected chi connectivity index (χ2v) is 4.45. The maximum absolute atomic E-state index is 5.42. The first-order valence-corrected chi connectivity index (χ1v) is 6.69. The van der Waals surface area contributed by atoms with E-state index < -0.39 is 0 Å². The van der Waals surface area contributed by atoms with Crippen molar-refractivity contribution in [2.75, 3.05) is 21.3 Å². The van der Waals surface area contributed by atoms with Crippen molar-refractivity contribution < 1.29 is 14.2 Å². The van der Waals surface area contributed by atoms with E-state index in [2.05, 4.69) is 5.32 Å². The van der Waals surface area contributed by atoms with E-state index in [1.54, 1.807) is 21.3 Å². The van der Waals surface area contributed by atoms with Crippen LogP contribution in [-0.2, 0) is 6.54 Å². The fourth-order valence-corrected chi connectivity index (χ4v) is 2.07. The van der Waals surface area contributed by atoms with Crippen LogP contribution in [0, 0.1) is 6.54 Å². The van der Waals surface area contributed by atoms with Crippen LogP contribution in [0.2, 0.25) is 0 Å². The Bertz CT molecular complexity index is 544. The lowest BCUT2D eigenvalue weighted by atomic mass is 10.1. The Balaban J connectivity index is 2.11. The van der Waals surface area contributed by atoms with Crippen molar-refractivity contribution in [2.24, 2.45) is 0 Å². The van der Waals surface area contributed by atoms with Gasteiger partial charge in [0.25, 0.3) is 0 Å². The fraction of sp³-hybridized carbons (Fsp3) is 0.235. The maximum Gasteiger partial charge on any atom is 0.130 e. The van der Waals surface area contributed by atoms with Gasteiger partial charge in [-0.3, -0.25) is 0 Å². The Morgan fingerprint density at radius 2 is 1.52 bits per heavy atom. The standard InChI is InChI=1S/C17H20NO3/c1-19-14-9-16(20-2)15(17(10-14)21-3)12-18-11-13-7-5-4-6-8-13/h4-11,18H,12H2,1-3H3. The van der Waals surface area contributed by atoms with Gasteiger partial charge in [0.1, 0.15) is 17.2 Å². The first-order chi connectivity index (χ1) is 10.3. The highest BCUT2D eigenvalue weighted by molar-refractivity contribution is 5.50. The molecular weight excluding hydrogens is 266 g/mol. The van der Waals surface area contributed by atoms with Crippen molar-refractivity contribution in [3.05, 3.63) is 60.1 Å². The monoisotopic (exact) mass is 286 g/mol. The highest BCUT2D eigenvalue weighted by Crippen LogP contribution is 2.33. The smallest absolute Gasteiger partial charge is 0.130 e. The van der Waals surface area contributed by atoms with Crippen LogP contribution in [0.25, 0.3) is 0 Å². The SMILES string of the molecule is COc1cc(OC)c(CN[CH]c2ccccc2)c(OC)c1. The van der Waals surface area contributed by atoms with Crippen LogP contribution >= 0.6 is 0 Å². The third kappa shape index (κ3) is 3.89. The topological polar surface area (TPSA) is 39.7 Å². The van der Waals surface area contributed by atoms with Crippen molar-refractivity contribution >= 4 is 0 Å². The number of hydrogen-bond acceptors (Lipinski definition) is 4. The number of methoxy groups -OCH3 is 3. The summed E-state index contributed by atoms with van der Waals surface area (Å²) >= 11 is 0. The van der Waals surface area contributed by atoms with Crippen molar-refractivity contribution in [1.82, 2.24) is 5.32 Å². The van der Waals surface area contributed by atoms with Crippen molar-refractivity contribution in [3.63, 3.8) is 0 Å². The van der Waals surface area contributed by atoms with Crippen LogP contribution in [0.15, 0.2) is 42.5 Å². The average Bonchev–Trinajstić information content (AvgIpc) is 2.55. The minimum atomic E-state index is 0.602. The van der Waals surface area contributed by atoms with Crippen LogP contribution in [0.4, 0.5) is 0 Å². The largest absolute Gasteiger partial charge is 0.496 e. The van der Waals surface area contributed by atoms with E-state index in [-0.39, 0.29) is 0 Å². The van der Waals surface area contributed by atoms with Gasteiger partial charge in [-0.15, -0.1) is 0 Å². The quantitative estimate of drug-likeness (QED) is 0.849. The van der Waals surface area contributed by atoms with Gasteiger partial charge in [0.15, 0.2) is 0 Å². The van der Waals surface area contributed by atoms with Gasteiger partial charge in [-0.25, -0.2) is 0 Å². The van der Waals surface area contributed by atoms with E-state index in [1.165, 1.54) is 0 Å². The fourth-order valence-electron chi connectivity index (χ4n) is 2.07. The van der Waals surface area contributed by atoms with E-state index in [0.717, 1.165) is 22.6 Å². The van der Waals surface area contributed by atoms with Gasteiger partial charge < -0.3 is 19.5 Å². The molecule has 21 heavy (non-hydrogen) atoms. The van der Waals surface area contributed by atoms with Gasteiger partial charge in [-0.05, 0) is 5.56 Å². The van der Waals surface area contributed by atoms with Gasteiger partial charge in [-0.1, -0.05) is 30.3 Å². The molecule has 0 fully saturated rings. The molecule has 4 nitrogen and oxygen atoms in total. The molecule has 0 aliphatic rings. The van der Waals surface area contributed by atoms with Gasteiger partial charge in [0, 0.05) is 18.7 Å². The molecule has 0 spiro atoms. The summed E-state index contributed by atoms with van der Waals surface area (Å²) in [6.07, 6.45) is 0. The summed E-state index contributed by atoms with van der Waals surface area (Å²) in [4.78, 5) is 0. The van der Waals surface area contributed by atoms with Crippen LogP contribution in [0.5, 0.6) is 17.2 Å². The zero-order valence-corrected chi connectivity index (χ0v) is 12.6. The molecule has 0 saturated heterocycles. The Morgan fingerprint density at radius 3 is 2.05 bits per heavy atom. The second kappa shape index (κ2) is 7.55. The van der Waals surface area contributed by atoms with Gasteiger partial charge in [0.05, 0.1) is 33.4 Å². The predicted molar refractivity (Wildman–Crippen MR) is 82.8 cm³/mol. The van der Waals surface area contributed by atoms with E-state index in [1.807, 2.05) is 49.0 Å². The molecule has 0 saturated carbocycles. The van der Waals surface area contributed by atoms with Gasteiger partial charge in [-0.2, -0.15) is 0 Å². The lowest BCUT2D eigenvalue weighted by Gasteiger charge is -2.15. The molecule has 0 bridgehead atoms. The van der Waals surface area contributed by atoms with E-state index in [4.69, 9.17) is 14.2 Å². The Hall–Kier alpha value is -2.20. The van der Waals surface area contributed by atoms with Crippen LogP contribution < -0.4 is 19.5 Å². The Kier molecular flexibility index (Phi) is 5.46. The van der Waals surface area contributed by atoms with Gasteiger partial charge in [0.2, 0.25) is 0 Å². The molecule has 2 aromatic rings. The van der Waals surface area contributed by atoms with E-state index >= 15 is 0 Å². The summed E-state index contributed by atoms with van der Waals surface area (Å²) in [5, 5.41) is 3.28. The molecule has 111 valence electrons. The molecule has 1 radical (unpaired) electrons. The summed E-state index contributed by atoms with van der Waals surface area (Å²) in [6, 6.07) is 13.8. The van der Waals surface area contributed by atoms with Crippen molar-refractivity contribution in [1.29, 1.82) is 0 Å². The summed E-state index contributed by atoms with van der Waals surface area (Å²) in [7, 11) is 4.90. The second-order valence-electron chi connectivity index (χ2n) is 4.45. The van der Waals surface area contributed by atoms with Crippen LogP contribution in [0.3, 0.4) is 0 Å². The summed E-state index contributed by atoms with van der Waals surface area (Å²) in [6.45, 7) is 2.56. The highest BCUT2D eigenvalue weighted by Gasteiger charge is 2.12. The Labute approximate surface area is 125 Å². The molecule has 1 N–H and O–H groups in total. The number of nitrogens with one attached hydrogen (secondary N) is 1. The number of rotatable bonds is 7. The van der Waals surface area contributed by atoms with Crippen LogP contribution in [-0.4, -0.2) is 21.3 Å². The first kappa shape index (κ1) is 15.2. The molecule has 0 unspecified atom stereocenters. The molecule has 0 aliphatic carbocycles. The summed E-state index contributed by atoms with van der Waals surface area (Å²) < 4.78 is 16.1. The molecule has 2 rings (SSSR count). The van der Waals surface area contributed by atoms with Crippen molar-refractivity contribution in [3.8, 4) is 17.2 Å². The van der Waals surface area contributed by atoms with E-state index in [0.29, 0.717) is 12.3 Å². The average molecular weight is 286 g/mol. The number of hydrogen-bond donors (Lipinski definition) is 1.